The van der Waals surface area contributed by atoms with Gasteiger partial charge in [-0.15, -0.1) is 0 Å². The highest BCUT2D eigenvalue weighted by Crippen LogP contribution is 2.33. The van der Waals surface area contributed by atoms with Gasteiger partial charge in [-0.2, -0.15) is 0 Å². The van der Waals surface area contributed by atoms with E-state index in [4.69, 9.17) is 21.4 Å². The zero-order valence-corrected chi connectivity index (χ0v) is 11.8. The third-order valence-electron chi connectivity index (χ3n) is 2.83. The normalized spacial score (nSPS) is 10.4. The Hall–Kier alpha value is -1.22. The Balaban J connectivity index is 3.11. The molecule has 0 radical (unpaired) electrons. The Kier molecular flexibility index (Phi) is 5.48. The molecule has 0 aliphatic carbocycles. The van der Waals surface area contributed by atoms with Crippen LogP contribution in [-0.2, 0) is 11.2 Å². The molecule has 0 saturated carbocycles. The molecule has 0 spiro atoms. The van der Waals surface area contributed by atoms with Crippen molar-refractivity contribution in [2.45, 2.75) is 40.0 Å². The second-order valence-corrected chi connectivity index (χ2v) is 4.76. The van der Waals surface area contributed by atoms with Crippen LogP contribution in [0.3, 0.4) is 0 Å². The summed E-state index contributed by atoms with van der Waals surface area (Å²) in [5.41, 5.74) is 2.78. The molecule has 18 heavy (non-hydrogen) atoms. The van der Waals surface area contributed by atoms with E-state index in [9.17, 15) is 4.79 Å². The molecule has 1 rings (SSSR count). The highest BCUT2D eigenvalue weighted by atomic mass is 35.5. The van der Waals surface area contributed by atoms with Crippen LogP contribution in [0.5, 0.6) is 5.75 Å². The molecule has 0 fully saturated rings. The molecule has 1 aromatic rings. The van der Waals surface area contributed by atoms with E-state index in [2.05, 4.69) is 0 Å². The maximum absolute atomic E-state index is 10.7. The lowest BCUT2D eigenvalue weighted by atomic mass is 9.99. The summed E-state index contributed by atoms with van der Waals surface area (Å²) in [6.07, 6.45) is 1.45. The number of halogens is 1. The van der Waals surface area contributed by atoms with Gasteiger partial charge in [0.05, 0.1) is 6.61 Å². The van der Waals surface area contributed by atoms with Crippen LogP contribution >= 0.6 is 11.6 Å². The molecule has 0 aliphatic rings. The van der Waals surface area contributed by atoms with Gasteiger partial charge in [0.1, 0.15) is 5.75 Å². The smallest absolute Gasteiger partial charge is 0.303 e. The quantitative estimate of drug-likeness (QED) is 0.856. The molecule has 0 saturated heterocycles. The van der Waals surface area contributed by atoms with Crippen LogP contribution in [-0.4, -0.2) is 17.7 Å². The minimum Gasteiger partial charge on any atom is -0.493 e. The molecule has 0 bridgehead atoms. The first-order chi connectivity index (χ1) is 8.47. The van der Waals surface area contributed by atoms with Gasteiger partial charge in [-0.25, -0.2) is 0 Å². The monoisotopic (exact) mass is 270 g/mol. The minimum atomic E-state index is -0.812. The van der Waals surface area contributed by atoms with E-state index in [1.54, 1.807) is 0 Å². The van der Waals surface area contributed by atoms with Crippen LogP contribution in [0.1, 0.15) is 36.5 Å². The lowest BCUT2D eigenvalue weighted by Gasteiger charge is -2.17. The lowest BCUT2D eigenvalue weighted by Crippen LogP contribution is -2.06. The lowest BCUT2D eigenvalue weighted by molar-refractivity contribution is -0.136. The summed E-state index contributed by atoms with van der Waals surface area (Å²) in [5, 5.41) is 9.46. The van der Waals surface area contributed by atoms with Crippen molar-refractivity contribution in [3.05, 3.63) is 27.8 Å². The predicted molar refractivity (Wildman–Crippen MR) is 72.7 cm³/mol. The number of ether oxygens (including phenoxy) is 1. The predicted octanol–water partition coefficient (Wildman–Crippen LogP) is 3.76. The highest BCUT2D eigenvalue weighted by molar-refractivity contribution is 6.31. The standard InChI is InChI=1S/C14H19ClO3/c1-4-7-18-14-9(2)8-12(15)10(3)11(14)5-6-13(16)17/h8H,4-7H2,1-3H3,(H,16,17). The van der Waals surface area contributed by atoms with Gasteiger partial charge in [0.25, 0.3) is 0 Å². The van der Waals surface area contributed by atoms with E-state index in [-0.39, 0.29) is 6.42 Å². The fourth-order valence-corrected chi connectivity index (χ4v) is 2.13. The molecule has 0 aliphatic heterocycles. The van der Waals surface area contributed by atoms with E-state index in [1.807, 2.05) is 26.8 Å². The molecule has 1 N–H and O–H groups in total. The first-order valence-electron chi connectivity index (χ1n) is 6.10. The number of aryl methyl sites for hydroxylation is 1. The van der Waals surface area contributed by atoms with E-state index in [1.165, 1.54) is 0 Å². The van der Waals surface area contributed by atoms with Crippen molar-refractivity contribution in [1.29, 1.82) is 0 Å². The van der Waals surface area contributed by atoms with Crippen molar-refractivity contribution in [2.24, 2.45) is 0 Å². The Morgan fingerprint density at radius 1 is 1.44 bits per heavy atom. The van der Waals surface area contributed by atoms with Crippen LogP contribution < -0.4 is 4.74 Å². The molecule has 0 unspecified atom stereocenters. The summed E-state index contributed by atoms with van der Waals surface area (Å²) in [5.74, 6) is -0.0199. The average molecular weight is 271 g/mol. The van der Waals surface area contributed by atoms with Crippen molar-refractivity contribution >= 4 is 17.6 Å². The first kappa shape index (κ1) is 14.8. The Labute approximate surface area is 113 Å². The molecular formula is C14H19ClO3. The molecule has 100 valence electrons. The number of carboxylic acids is 1. The Morgan fingerprint density at radius 2 is 2.11 bits per heavy atom. The zero-order valence-electron chi connectivity index (χ0n) is 11.0. The molecule has 0 amide bonds. The largest absolute Gasteiger partial charge is 0.493 e. The van der Waals surface area contributed by atoms with E-state index in [0.29, 0.717) is 18.1 Å². The van der Waals surface area contributed by atoms with Gasteiger partial charge in [0, 0.05) is 11.4 Å². The average Bonchev–Trinajstić information content (AvgIpc) is 2.30. The molecule has 0 heterocycles. The molecule has 0 atom stereocenters. The van der Waals surface area contributed by atoms with Crippen LogP contribution in [0.15, 0.2) is 6.07 Å². The summed E-state index contributed by atoms with van der Waals surface area (Å²) in [4.78, 5) is 10.7. The molecule has 1 aromatic carbocycles. The number of benzene rings is 1. The summed E-state index contributed by atoms with van der Waals surface area (Å²) in [7, 11) is 0. The van der Waals surface area contributed by atoms with Crippen LogP contribution in [0.25, 0.3) is 0 Å². The number of rotatable bonds is 6. The number of carbonyl (C=O) groups is 1. The van der Waals surface area contributed by atoms with Gasteiger partial charge >= 0.3 is 5.97 Å². The molecular weight excluding hydrogens is 252 g/mol. The zero-order chi connectivity index (χ0) is 13.7. The second-order valence-electron chi connectivity index (χ2n) is 4.35. The van der Waals surface area contributed by atoms with Crippen molar-refractivity contribution in [2.75, 3.05) is 6.61 Å². The van der Waals surface area contributed by atoms with E-state index < -0.39 is 5.97 Å². The summed E-state index contributed by atoms with van der Waals surface area (Å²) < 4.78 is 5.73. The van der Waals surface area contributed by atoms with Gasteiger partial charge in [-0.3, -0.25) is 4.79 Å². The van der Waals surface area contributed by atoms with Gasteiger partial charge in [-0.1, -0.05) is 18.5 Å². The molecule has 4 heteroatoms. The van der Waals surface area contributed by atoms with Crippen molar-refractivity contribution < 1.29 is 14.6 Å². The fraction of sp³-hybridized carbons (Fsp3) is 0.500. The third kappa shape index (κ3) is 3.64. The number of carboxylic acid groups (broad SMARTS) is 1. The number of aliphatic carboxylic acids is 1. The molecule has 0 aromatic heterocycles. The Bertz CT molecular complexity index is 441. The van der Waals surface area contributed by atoms with Gasteiger partial charge < -0.3 is 9.84 Å². The highest BCUT2D eigenvalue weighted by Gasteiger charge is 2.14. The maximum atomic E-state index is 10.7. The van der Waals surface area contributed by atoms with E-state index in [0.717, 1.165) is 28.9 Å². The van der Waals surface area contributed by atoms with Crippen molar-refractivity contribution in [3.63, 3.8) is 0 Å². The van der Waals surface area contributed by atoms with Crippen LogP contribution in [0, 0.1) is 13.8 Å². The van der Waals surface area contributed by atoms with Gasteiger partial charge in [-0.05, 0) is 49.4 Å². The first-order valence-corrected chi connectivity index (χ1v) is 6.48. The number of hydrogen-bond donors (Lipinski definition) is 1. The van der Waals surface area contributed by atoms with E-state index >= 15 is 0 Å². The number of hydrogen-bond acceptors (Lipinski definition) is 2. The molecule has 3 nitrogen and oxygen atoms in total. The van der Waals surface area contributed by atoms with Crippen molar-refractivity contribution in [3.8, 4) is 5.75 Å². The van der Waals surface area contributed by atoms with Gasteiger partial charge in [0.15, 0.2) is 0 Å². The maximum Gasteiger partial charge on any atom is 0.303 e. The summed E-state index contributed by atoms with van der Waals surface area (Å²) >= 11 is 6.14. The van der Waals surface area contributed by atoms with Crippen LogP contribution in [0.4, 0.5) is 0 Å². The summed E-state index contributed by atoms with van der Waals surface area (Å²) in [6.45, 7) is 6.50. The Morgan fingerprint density at radius 3 is 2.67 bits per heavy atom. The summed E-state index contributed by atoms with van der Waals surface area (Å²) in [6, 6.07) is 1.87. The van der Waals surface area contributed by atoms with Crippen LogP contribution in [0.2, 0.25) is 5.02 Å². The minimum absolute atomic E-state index is 0.0864. The topological polar surface area (TPSA) is 46.5 Å². The van der Waals surface area contributed by atoms with Gasteiger partial charge in [0.2, 0.25) is 0 Å². The van der Waals surface area contributed by atoms with Crippen molar-refractivity contribution in [1.82, 2.24) is 0 Å². The third-order valence-corrected chi connectivity index (χ3v) is 3.22. The fourth-order valence-electron chi connectivity index (χ4n) is 1.85. The SMILES string of the molecule is CCCOc1c(C)cc(Cl)c(C)c1CCC(=O)O. The second kappa shape index (κ2) is 6.64.